The summed E-state index contributed by atoms with van der Waals surface area (Å²) < 4.78 is 17.2. The molecule has 5 rings (SSSR count). The highest BCUT2D eigenvalue weighted by Gasteiger charge is 2.20. The fraction of sp³-hybridized carbons (Fsp3) is 0.231. The molecule has 0 saturated heterocycles. The molecule has 0 radical (unpaired) electrons. The number of hydrogen-bond acceptors (Lipinski definition) is 4. The third kappa shape index (κ3) is 3.44. The van der Waals surface area contributed by atoms with Gasteiger partial charge in [0.25, 0.3) is 0 Å². The van der Waals surface area contributed by atoms with Crippen LogP contribution in [0.3, 0.4) is 0 Å². The van der Waals surface area contributed by atoms with Crippen LogP contribution < -0.4 is 9.47 Å². The summed E-state index contributed by atoms with van der Waals surface area (Å²) in [6.07, 6.45) is 1.03. The van der Waals surface area contributed by atoms with Crippen molar-refractivity contribution in [2.75, 3.05) is 20.8 Å². The molecule has 0 amide bonds. The van der Waals surface area contributed by atoms with E-state index in [1.165, 1.54) is 16.7 Å². The van der Waals surface area contributed by atoms with Gasteiger partial charge in [-0.2, -0.15) is 0 Å². The molecule has 0 aliphatic carbocycles. The summed E-state index contributed by atoms with van der Waals surface area (Å²) in [6, 6.07) is 22.9. The van der Waals surface area contributed by atoms with Crippen LogP contribution in [0.5, 0.6) is 11.5 Å². The van der Waals surface area contributed by atoms with Gasteiger partial charge in [0.15, 0.2) is 11.3 Å². The average Bonchev–Trinajstić information content (AvgIpc) is 3.25. The first-order valence-electron chi connectivity index (χ1n) is 10.3. The molecule has 0 bridgehead atoms. The maximum absolute atomic E-state index is 6.23. The van der Waals surface area contributed by atoms with Gasteiger partial charge in [-0.1, -0.05) is 42.5 Å². The van der Waals surface area contributed by atoms with Crippen molar-refractivity contribution < 1.29 is 13.9 Å². The number of benzene rings is 3. The van der Waals surface area contributed by atoms with Gasteiger partial charge in [-0.05, 0) is 47.4 Å². The van der Waals surface area contributed by atoms with E-state index >= 15 is 0 Å². The van der Waals surface area contributed by atoms with Crippen LogP contribution in [0.25, 0.3) is 22.3 Å². The van der Waals surface area contributed by atoms with Crippen molar-refractivity contribution in [2.24, 2.45) is 0 Å². The Kier molecular flexibility index (Phi) is 4.93. The van der Waals surface area contributed by atoms with Crippen LogP contribution in [-0.2, 0) is 19.5 Å². The second-order valence-corrected chi connectivity index (χ2v) is 7.74. The Morgan fingerprint density at radius 3 is 2.57 bits per heavy atom. The van der Waals surface area contributed by atoms with Crippen molar-refractivity contribution in [3.05, 3.63) is 83.4 Å². The predicted octanol–water partition coefficient (Wildman–Crippen LogP) is 5.68. The van der Waals surface area contributed by atoms with Gasteiger partial charge >= 0.3 is 0 Å². The zero-order valence-electron chi connectivity index (χ0n) is 17.4. The number of methoxy groups -OCH3 is 2. The number of ether oxygens (including phenoxy) is 2. The summed E-state index contributed by atoms with van der Waals surface area (Å²) in [5.74, 6) is 2.57. The molecule has 0 atom stereocenters. The van der Waals surface area contributed by atoms with E-state index in [1.54, 1.807) is 14.2 Å². The third-order valence-corrected chi connectivity index (χ3v) is 5.91. The van der Waals surface area contributed by atoms with Crippen LogP contribution >= 0.6 is 0 Å². The van der Waals surface area contributed by atoms with Crippen LogP contribution in [0, 0.1) is 0 Å². The molecule has 4 aromatic rings. The molecule has 0 fully saturated rings. The first-order valence-corrected chi connectivity index (χ1v) is 10.3. The molecule has 4 heteroatoms. The SMILES string of the molecule is COc1ccc2c(c1)CCN(Cc1ccc(OC)c3oc(-c4ccccc4)cc13)C2. The van der Waals surface area contributed by atoms with E-state index in [0.29, 0.717) is 0 Å². The summed E-state index contributed by atoms with van der Waals surface area (Å²) in [6.45, 7) is 2.84. The second-order valence-electron chi connectivity index (χ2n) is 7.74. The first-order chi connectivity index (χ1) is 14.7. The van der Waals surface area contributed by atoms with E-state index in [-0.39, 0.29) is 0 Å². The Morgan fingerprint density at radius 2 is 1.77 bits per heavy atom. The van der Waals surface area contributed by atoms with E-state index in [1.807, 2.05) is 24.3 Å². The summed E-state index contributed by atoms with van der Waals surface area (Å²) in [5, 5.41) is 1.12. The Bertz CT molecular complexity index is 1180. The second kappa shape index (κ2) is 7.88. The molecule has 30 heavy (non-hydrogen) atoms. The van der Waals surface area contributed by atoms with Crippen LogP contribution in [0.15, 0.2) is 71.1 Å². The lowest BCUT2D eigenvalue weighted by molar-refractivity contribution is 0.246. The molecule has 0 unspecified atom stereocenters. The van der Waals surface area contributed by atoms with Crippen LogP contribution in [0.4, 0.5) is 0 Å². The Labute approximate surface area is 176 Å². The molecule has 3 aromatic carbocycles. The Hall–Kier alpha value is -3.24. The fourth-order valence-electron chi connectivity index (χ4n) is 4.29. The molecule has 0 N–H and O–H groups in total. The summed E-state index contributed by atoms with van der Waals surface area (Å²) in [4.78, 5) is 2.49. The summed E-state index contributed by atoms with van der Waals surface area (Å²) in [7, 11) is 3.41. The minimum atomic E-state index is 0.770. The smallest absolute Gasteiger partial charge is 0.176 e. The zero-order valence-corrected chi connectivity index (χ0v) is 17.4. The standard InChI is InChI=1S/C26H25NO3/c1-28-22-10-8-20-16-27(13-12-19(20)14-22)17-21-9-11-24(29-2)26-23(21)15-25(30-26)18-6-4-3-5-7-18/h3-11,14-15H,12-13,16-17H2,1-2H3. The van der Waals surface area contributed by atoms with Gasteiger partial charge in [-0.15, -0.1) is 0 Å². The third-order valence-electron chi connectivity index (χ3n) is 5.91. The molecule has 0 spiro atoms. The highest BCUT2D eigenvalue weighted by Crippen LogP contribution is 2.36. The van der Waals surface area contributed by atoms with Gasteiger partial charge in [0, 0.05) is 30.6 Å². The molecule has 1 aliphatic rings. The quantitative estimate of drug-likeness (QED) is 0.433. The maximum Gasteiger partial charge on any atom is 0.176 e. The lowest BCUT2D eigenvalue weighted by Crippen LogP contribution is -2.30. The zero-order chi connectivity index (χ0) is 20.5. The predicted molar refractivity (Wildman–Crippen MR) is 119 cm³/mol. The number of hydrogen-bond donors (Lipinski definition) is 0. The topological polar surface area (TPSA) is 34.8 Å². The maximum atomic E-state index is 6.23. The summed E-state index contributed by atoms with van der Waals surface area (Å²) in [5.41, 5.74) is 5.91. The average molecular weight is 399 g/mol. The molecule has 2 heterocycles. The van der Waals surface area contributed by atoms with Gasteiger partial charge in [0.05, 0.1) is 14.2 Å². The van der Waals surface area contributed by atoms with Gasteiger partial charge < -0.3 is 13.9 Å². The van der Waals surface area contributed by atoms with Crippen molar-refractivity contribution in [3.63, 3.8) is 0 Å². The van der Waals surface area contributed by atoms with E-state index in [4.69, 9.17) is 13.9 Å². The molecule has 1 aromatic heterocycles. The van der Waals surface area contributed by atoms with Crippen LogP contribution in [0.2, 0.25) is 0 Å². The van der Waals surface area contributed by atoms with E-state index in [0.717, 1.165) is 59.8 Å². The summed E-state index contributed by atoms with van der Waals surface area (Å²) >= 11 is 0. The van der Waals surface area contributed by atoms with Gasteiger partial charge in [-0.25, -0.2) is 0 Å². The molecule has 4 nitrogen and oxygen atoms in total. The molecule has 1 aliphatic heterocycles. The molecular formula is C26H25NO3. The Balaban J connectivity index is 1.46. The van der Waals surface area contributed by atoms with E-state index < -0.39 is 0 Å². The van der Waals surface area contributed by atoms with Crippen molar-refractivity contribution in [2.45, 2.75) is 19.5 Å². The Morgan fingerprint density at radius 1 is 0.900 bits per heavy atom. The molecular weight excluding hydrogens is 374 g/mol. The lowest BCUT2D eigenvalue weighted by Gasteiger charge is -2.29. The monoisotopic (exact) mass is 399 g/mol. The van der Waals surface area contributed by atoms with Crippen molar-refractivity contribution >= 4 is 11.0 Å². The number of furan rings is 1. The van der Waals surface area contributed by atoms with Gasteiger partial charge in [-0.3, -0.25) is 4.90 Å². The highest BCUT2D eigenvalue weighted by atomic mass is 16.5. The number of rotatable bonds is 5. The van der Waals surface area contributed by atoms with E-state index in [2.05, 4.69) is 47.4 Å². The minimum Gasteiger partial charge on any atom is -0.497 e. The first kappa shape index (κ1) is 18.8. The van der Waals surface area contributed by atoms with Gasteiger partial charge in [0.2, 0.25) is 0 Å². The highest BCUT2D eigenvalue weighted by molar-refractivity contribution is 5.90. The fourth-order valence-corrected chi connectivity index (χ4v) is 4.29. The van der Waals surface area contributed by atoms with Crippen molar-refractivity contribution in [1.29, 1.82) is 0 Å². The van der Waals surface area contributed by atoms with E-state index in [9.17, 15) is 0 Å². The minimum absolute atomic E-state index is 0.770. The largest absolute Gasteiger partial charge is 0.497 e. The van der Waals surface area contributed by atoms with Crippen LogP contribution in [0.1, 0.15) is 16.7 Å². The van der Waals surface area contributed by atoms with Crippen molar-refractivity contribution in [3.8, 4) is 22.8 Å². The number of fused-ring (bicyclic) bond motifs is 2. The lowest BCUT2D eigenvalue weighted by atomic mass is 9.98. The van der Waals surface area contributed by atoms with Crippen molar-refractivity contribution in [1.82, 2.24) is 4.90 Å². The normalized spacial score (nSPS) is 13.9. The number of nitrogens with zero attached hydrogens (tertiary/aromatic N) is 1. The van der Waals surface area contributed by atoms with Crippen LogP contribution in [-0.4, -0.2) is 25.7 Å². The van der Waals surface area contributed by atoms with Gasteiger partial charge in [0.1, 0.15) is 11.5 Å². The molecule has 152 valence electrons. The molecule has 0 saturated carbocycles.